The number of pyridine rings is 1. The number of hydrogen-bond acceptors (Lipinski definition) is 2. The highest BCUT2D eigenvalue weighted by Gasteiger charge is 2.07. The number of benzene rings is 1. The minimum atomic E-state index is 0.820. The summed E-state index contributed by atoms with van der Waals surface area (Å²) in [7, 11) is 0. The second-order valence-corrected chi connectivity index (χ2v) is 3.22. The van der Waals surface area contributed by atoms with Crippen molar-refractivity contribution < 1.29 is 0 Å². The summed E-state index contributed by atoms with van der Waals surface area (Å²) in [6.45, 7) is 0.820. The molecule has 1 aliphatic rings. The van der Waals surface area contributed by atoms with Crippen molar-refractivity contribution >= 4 is 17.1 Å². The third-order valence-corrected chi connectivity index (χ3v) is 2.36. The topological polar surface area (TPSA) is 25.2 Å². The van der Waals surface area contributed by atoms with Gasteiger partial charge in [-0.1, -0.05) is 6.07 Å². The summed E-state index contributed by atoms with van der Waals surface area (Å²) in [4.78, 5) is 8.52. The Kier molecular flexibility index (Phi) is 1.25. The monoisotopic (exact) mass is 168 g/mol. The molecule has 1 aromatic carbocycles. The zero-order valence-electron chi connectivity index (χ0n) is 7.07. The van der Waals surface area contributed by atoms with Crippen LogP contribution in [0.2, 0.25) is 0 Å². The maximum absolute atomic E-state index is 4.30. The van der Waals surface area contributed by atoms with Crippen LogP contribution in [0.4, 0.5) is 0 Å². The molecule has 2 nitrogen and oxygen atoms in total. The number of fused-ring (bicyclic) bond motifs is 2. The lowest BCUT2D eigenvalue weighted by Crippen LogP contribution is -1.86. The van der Waals surface area contributed by atoms with Gasteiger partial charge < -0.3 is 0 Å². The molecule has 0 amide bonds. The molecule has 0 spiro atoms. The predicted molar refractivity (Wildman–Crippen MR) is 53.0 cm³/mol. The van der Waals surface area contributed by atoms with Crippen molar-refractivity contribution in [3.05, 3.63) is 41.6 Å². The molecule has 0 radical (unpaired) electrons. The first-order valence-electron chi connectivity index (χ1n) is 4.31. The van der Waals surface area contributed by atoms with Gasteiger partial charge in [-0.3, -0.25) is 9.98 Å². The van der Waals surface area contributed by atoms with Crippen LogP contribution >= 0.6 is 0 Å². The summed E-state index contributed by atoms with van der Waals surface area (Å²) in [5.74, 6) is 0. The Labute approximate surface area is 76.0 Å². The van der Waals surface area contributed by atoms with E-state index in [0.717, 1.165) is 12.1 Å². The van der Waals surface area contributed by atoms with Crippen molar-refractivity contribution in [3.8, 4) is 0 Å². The van der Waals surface area contributed by atoms with Gasteiger partial charge in [0.2, 0.25) is 0 Å². The van der Waals surface area contributed by atoms with Gasteiger partial charge in [-0.25, -0.2) is 0 Å². The van der Waals surface area contributed by atoms with Crippen LogP contribution in [0.15, 0.2) is 35.5 Å². The highest BCUT2D eigenvalue weighted by molar-refractivity contribution is 5.92. The molecule has 2 heteroatoms. The second kappa shape index (κ2) is 2.39. The van der Waals surface area contributed by atoms with E-state index in [-0.39, 0.29) is 0 Å². The fourth-order valence-corrected chi connectivity index (χ4v) is 1.68. The molecular weight excluding hydrogens is 160 g/mol. The van der Waals surface area contributed by atoms with Crippen molar-refractivity contribution in [1.29, 1.82) is 0 Å². The fourth-order valence-electron chi connectivity index (χ4n) is 1.68. The van der Waals surface area contributed by atoms with Crippen LogP contribution in [-0.4, -0.2) is 11.2 Å². The summed E-state index contributed by atoms with van der Waals surface area (Å²) in [5.41, 5.74) is 3.57. The van der Waals surface area contributed by atoms with E-state index >= 15 is 0 Å². The Hall–Kier alpha value is -1.70. The van der Waals surface area contributed by atoms with Crippen molar-refractivity contribution in [2.24, 2.45) is 4.99 Å². The largest absolute Gasteiger partial charge is 0.288 e. The van der Waals surface area contributed by atoms with Gasteiger partial charge in [0.05, 0.1) is 12.1 Å². The summed E-state index contributed by atoms with van der Waals surface area (Å²) in [6, 6.07) is 8.32. The first-order valence-corrected chi connectivity index (χ1v) is 4.31. The molecule has 13 heavy (non-hydrogen) atoms. The maximum Gasteiger partial charge on any atom is 0.0708 e. The Balaban J connectivity index is 2.40. The van der Waals surface area contributed by atoms with E-state index in [0.29, 0.717) is 0 Å². The summed E-state index contributed by atoms with van der Waals surface area (Å²) in [5, 5.41) is 1.20. The lowest BCUT2D eigenvalue weighted by molar-refractivity contribution is 1.11. The molecule has 0 saturated heterocycles. The van der Waals surface area contributed by atoms with Crippen LogP contribution in [0, 0.1) is 0 Å². The standard InChI is InChI=1S/C11H8N2/c1-2-8-4-9-6-12-7-10(9)5-11(8)13-3-1/h1-5,7H,6H2. The minimum absolute atomic E-state index is 0.820. The van der Waals surface area contributed by atoms with Crippen LogP contribution in [0.1, 0.15) is 11.1 Å². The SMILES string of the molecule is C1=NCc2cc3cccnc3cc21. The van der Waals surface area contributed by atoms with E-state index in [1.165, 1.54) is 16.5 Å². The lowest BCUT2D eigenvalue weighted by atomic mass is 10.1. The van der Waals surface area contributed by atoms with Gasteiger partial charge in [0.25, 0.3) is 0 Å². The van der Waals surface area contributed by atoms with Crippen LogP contribution < -0.4 is 0 Å². The summed E-state index contributed by atoms with van der Waals surface area (Å²) < 4.78 is 0. The van der Waals surface area contributed by atoms with Crippen LogP contribution in [-0.2, 0) is 6.54 Å². The van der Waals surface area contributed by atoms with Gasteiger partial charge >= 0.3 is 0 Å². The molecule has 3 rings (SSSR count). The first-order chi connectivity index (χ1) is 6.43. The number of rotatable bonds is 0. The highest BCUT2D eigenvalue weighted by atomic mass is 14.7. The maximum atomic E-state index is 4.30. The Bertz CT molecular complexity index is 500. The molecule has 0 saturated carbocycles. The van der Waals surface area contributed by atoms with Crippen molar-refractivity contribution in [1.82, 2.24) is 4.98 Å². The van der Waals surface area contributed by atoms with Gasteiger partial charge in [0.1, 0.15) is 0 Å². The molecule has 1 aliphatic heterocycles. The van der Waals surface area contributed by atoms with E-state index in [4.69, 9.17) is 0 Å². The van der Waals surface area contributed by atoms with Crippen LogP contribution in [0.3, 0.4) is 0 Å². The zero-order valence-corrected chi connectivity index (χ0v) is 7.07. The molecule has 2 aromatic rings. The normalized spacial score (nSPS) is 13.5. The van der Waals surface area contributed by atoms with Gasteiger partial charge in [0, 0.05) is 17.8 Å². The minimum Gasteiger partial charge on any atom is -0.288 e. The molecule has 1 aromatic heterocycles. The molecular formula is C11H8N2. The number of aliphatic imine (C=N–C) groups is 1. The number of hydrogen-bond donors (Lipinski definition) is 0. The van der Waals surface area contributed by atoms with E-state index < -0.39 is 0 Å². The Morgan fingerprint density at radius 3 is 3.23 bits per heavy atom. The Morgan fingerprint density at radius 1 is 1.23 bits per heavy atom. The lowest BCUT2D eigenvalue weighted by Gasteiger charge is -2.00. The molecule has 0 atom stereocenters. The number of nitrogens with zero attached hydrogens (tertiary/aromatic N) is 2. The zero-order chi connectivity index (χ0) is 8.67. The first kappa shape index (κ1) is 6.78. The Morgan fingerprint density at radius 2 is 2.23 bits per heavy atom. The van der Waals surface area contributed by atoms with Gasteiger partial charge in [-0.15, -0.1) is 0 Å². The van der Waals surface area contributed by atoms with Gasteiger partial charge in [-0.05, 0) is 29.3 Å². The molecule has 0 fully saturated rings. The highest BCUT2D eigenvalue weighted by Crippen LogP contribution is 2.20. The summed E-state index contributed by atoms with van der Waals surface area (Å²) >= 11 is 0. The van der Waals surface area contributed by atoms with Crippen molar-refractivity contribution in [2.75, 3.05) is 0 Å². The van der Waals surface area contributed by atoms with Crippen molar-refractivity contribution in [3.63, 3.8) is 0 Å². The molecule has 62 valence electrons. The second-order valence-electron chi connectivity index (χ2n) is 3.22. The smallest absolute Gasteiger partial charge is 0.0708 e. The average molecular weight is 168 g/mol. The predicted octanol–water partition coefficient (Wildman–Crippen LogP) is 2.17. The van der Waals surface area contributed by atoms with Gasteiger partial charge in [0.15, 0.2) is 0 Å². The molecule has 0 aliphatic carbocycles. The van der Waals surface area contributed by atoms with E-state index in [1.807, 2.05) is 18.5 Å². The average Bonchev–Trinajstić information content (AvgIpc) is 2.61. The third-order valence-electron chi connectivity index (χ3n) is 2.36. The quantitative estimate of drug-likeness (QED) is 0.591. The molecule has 2 heterocycles. The molecule has 0 N–H and O–H groups in total. The number of aromatic nitrogens is 1. The fraction of sp³-hybridized carbons (Fsp3) is 0.0909. The van der Waals surface area contributed by atoms with E-state index in [1.54, 1.807) is 0 Å². The van der Waals surface area contributed by atoms with Crippen molar-refractivity contribution in [2.45, 2.75) is 6.54 Å². The molecule has 0 unspecified atom stereocenters. The van der Waals surface area contributed by atoms with Gasteiger partial charge in [-0.2, -0.15) is 0 Å². The third kappa shape index (κ3) is 0.952. The molecule has 0 bridgehead atoms. The van der Waals surface area contributed by atoms with E-state index in [2.05, 4.69) is 28.2 Å². The van der Waals surface area contributed by atoms with Crippen LogP contribution in [0.25, 0.3) is 10.9 Å². The van der Waals surface area contributed by atoms with E-state index in [9.17, 15) is 0 Å². The van der Waals surface area contributed by atoms with Crippen LogP contribution in [0.5, 0.6) is 0 Å². The summed E-state index contributed by atoms with van der Waals surface area (Å²) in [6.07, 6.45) is 3.74.